The molecule has 1 nitrogen and oxygen atoms in total. The molecular formula is C7H2F3O. The number of carbonyl (C=O) groups excluding carboxylic acids is 1. The summed E-state index contributed by atoms with van der Waals surface area (Å²) in [5.41, 5.74) is -0.607. The van der Waals surface area contributed by atoms with Gasteiger partial charge in [-0.2, -0.15) is 0 Å². The fraction of sp³-hybridized carbons (Fsp3) is 0. The first-order valence-electron chi connectivity index (χ1n) is 2.68. The summed E-state index contributed by atoms with van der Waals surface area (Å²) in [5.74, 6) is -4.47. The molecule has 0 aliphatic rings. The summed E-state index contributed by atoms with van der Waals surface area (Å²) in [5, 5.41) is 0. The summed E-state index contributed by atoms with van der Waals surface area (Å²) in [4.78, 5) is 9.84. The summed E-state index contributed by atoms with van der Waals surface area (Å²) in [7, 11) is 0. The molecule has 0 N–H and O–H groups in total. The smallest absolute Gasteiger partial charge is 0.236 e. The van der Waals surface area contributed by atoms with Gasteiger partial charge >= 0.3 is 0 Å². The molecular weight excluding hydrogens is 157 g/mol. The molecule has 0 fully saturated rings. The van der Waals surface area contributed by atoms with Crippen molar-refractivity contribution in [3.8, 4) is 0 Å². The Bertz CT molecular complexity index is 296. The molecule has 0 unspecified atom stereocenters. The highest BCUT2D eigenvalue weighted by Crippen LogP contribution is 2.12. The number of benzene rings is 1. The zero-order valence-electron chi connectivity index (χ0n) is 5.20. The third kappa shape index (κ3) is 1.24. The molecule has 0 saturated heterocycles. The van der Waals surface area contributed by atoms with E-state index in [2.05, 4.69) is 0 Å². The Kier molecular flexibility index (Phi) is 1.94. The lowest BCUT2D eigenvalue weighted by molar-refractivity contribution is 0.444. The van der Waals surface area contributed by atoms with Gasteiger partial charge in [0.25, 0.3) is 0 Å². The summed E-state index contributed by atoms with van der Waals surface area (Å²) >= 11 is 0. The Balaban J connectivity index is 3.36. The van der Waals surface area contributed by atoms with E-state index in [9.17, 15) is 18.0 Å². The fourth-order valence-electron chi connectivity index (χ4n) is 0.605. The van der Waals surface area contributed by atoms with Crippen LogP contribution in [0.2, 0.25) is 0 Å². The molecule has 1 aromatic carbocycles. The second-order valence-electron chi connectivity index (χ2n) is 1.82. The lowest BCUT2D eigenvalue weighted by Crippen LogP contribution is -1.95. The summed E-state index contributed by atoms with van der Waals surface area (Å²) < 4.78 is 36.8. The minimum Gasteiger partial charge on any atom is -0.285 e. The molecule has 0 heterocycles. The molecule has 1 radical (unpaired) electrons. The molecule has 11 heavy (non-hydrogen) atoms. The zero-order chi connectivity index (χ0) is 8.43. The van der Waals surface area contributed by atoms with Gasteiger partial charge in [-0.15, -0.1) is 0 Å². The van der Waals surface area contributed by atoms with Crippen molar-refractivity contribution >= 4 is 6.29 Å². The molecule has 0 amide bonds. The van der Waals surface area contributed by atoms with Gasteiger partial charge in [-0.1, -0.05) is 0 Å². The van der Waals surface area contributed by atoms with Crippen LogP contribution in [0.5, 0.6) is 0 Å². The first-order chi connectivity index (χ1) is 5.16. The first kappa shape index (κ1) is 7.78. The number of hydrogen-bond donors (Lipinski definition) is 0. The van der Waals surface area contributed by atoms with Crippen molar-refractivity contribution in [3.63, 3.8) is 0 Å². The predicted molar refractivity (Wildman–Crippen MR) is 31.1 cm³/mol. The molecule has 0 aliphatic heterocycles. The third-order valence-electron chi connectivity index (χ3n) is 1.15. The predicted octanol–water partition coefficient (Wildman–Crippen LogP) is 1.56. The maximum absolute atomic E-state index is 12.4. The van der Waals surface area contributed by atoms with Crippen molar-refractivity contribution in [2.75, 3.05) is 0 Å². The van der Waals surface area contributed by atoms with E-state index in [1.54, 1.807) is 0 Å². The standard InChI is InChI=1S/C7H2F3O/c8-5-2-1-4(3-11)6(9)7(5)10/h1-2H. The summed E-state index contributed by atoms with van der Waals surface area (Å²) in [6.07, 6.45) is 1.13. The van der Waals surface area contributed by atoms with E-state index < -0.39 is 23.0 Å². The van der Waals surface area contributed by atoms with Crippen LogP contribution in [0.25, 0.3) is 0 Å². The van der Waals surface area contributed by atoms with Gasteiger partial charge in [0.15, 0.2) is 17.5 Å². The van der Waals surface area contributed by atoms with Gasteiger partial charge < -0.3 is 0 Å². The lowest BCUT2D eigenvalue weighted by Gasteiger charge is -1.95. The molecule has 4 heteroatoms. The molecule has 1 rings (SSSR count). The minimum atomic E-state index is -1.65. The Hall–Kier alpha value is -1.32. The van der Waals surface area contributed by atoms with Gasteiger partial charge in [0.05, 0.1) is 5.56 Å². The van der Waals surface area contributed by atoms with Gasteiger partial charge in [0.1, 0.15) is 0 Å². The Morgan fingerprint density at radius 1 is 1.09 bits per heavy atom. The van der Waals surface area contributed by atoms with E-state index in [4.69, 9.17) is 0 Å². The van der Waals surface area contributed by atoms with E-state index in [1.807, 2.05) is 0 Å². The Morgan fingerprint density at radius 2 is 1.73 bits per heavy atom. The maximum Gasteiger partial charge on any atom is 0.236 e. The van der Waals surface area contributed by atoms with Crippen molar-refractivity contribution < 1.29 is 18.0 Å². The molecule has 1 aromatic rings. The maximum atomic E-state index is 12.4. The number of rotatable bonds is 1. The first-order valence-corrected chi connectivity index (χ1v) is 2.68. The van der Waals surface area contributed by atoms with Crippen LogP contribution in [0.15, 0.2) is 12.1 Å². The largest absolute Gasteiger partial charge is 0.285 e. The summed E-state index contributed by atoms with van der Waals surface area (Å²) in [6.45, 7) is 0. The fourth-order valence-corrected chi connectivity index (χ4v) is 0.605. The van der Waals surface area contributed by atoms with Crippen molar-refractivity contribution in [1.29, 1.82) is 0 Å². The van der Waals surface area contributed by atoms with Crippen LogP contribution >= 0.6 is 0 Å². The second-order valence-corrected chi connectivity index (χ2v) is 1.82. The number of hydrogen-bond acceptors (Lipinski definition) is 1. The molecule has 0 spiro atoms. The van der Waals surface area contributed by atoms with Gasteiger partial charge in [-0.25, -0.2) is 13.2 Å². The van der Waals surface area contributed by atoms with Crippen LogP contribution in [-0.2, 0) is 4.79 Å². The monoisotopic (exact) mass is 159 g/mol. The summed E-state index contributed by atoms with van der Waals surface area (Å²) in [6, 6.07) is 1.49. The molecule has 0 aliphatic carbocycles. The van der Waals surface area contributed by atoms with E-state index in [1.165, 1.54) is 0 Å². The van der Waals surface area contributed by atoms with E-state index >= 15 is 0 Å². The van der Waals surface area contributed by atoms with E-state index in [0.717, 1.165) is 12.4 Å². The highest BCUT2D eigenvalue weighted by molar-refractivity contribution is 5.75. The van der Waals surface area contributed by atoms with Crippen LogP contribution < -0.4 is 0 Å². The van der Waals surface area contributed by atoms with Crippen LogP contribution in [0.4, 0.5) is 13.2 Å². The molecule has 57 valence electrons. The SMILES string of the molecule is O=[C]c1ccc(F)c(F)c1F. The van der Waals surface area contributed by atoms with Gasteiger partial charge in [0.2, 0.25) is 6.29 Å². The average Bonchev–Trinajstić information content (AvgIpc) is 2.01. The van der Waals surface area contributed by atoms with Crippen LogP contribution in [0.1, 0.15) is 5.56 Å². The van der Waals surface area contributed by atoms with Crippen molar-refractivity contribution in [1.82, 2.24) is 0 Å². The van der Waals surface area contributed by atoms with Crippen molar-refractivity contribution in [3.05, 3.63) is 35.1 Å². The molecule has 0 saturated carbocycles. The second kappa shape index (κ2) is 2.74. The zero-order valence-corrected chi connectivity index (χ0v) is 5.20. The van der Waals surface area contributed by atoms with Gasteiger partial charge in [0, 0.05) is 0 Å². The Labute approximate surface area is 60.5 Å². The van der Waals surface area contributed by atoms with Gasteiger partial charge in [-0.05, 0) is 12.1 Å². The number of halogens is 3. The third-order valence-corrected chi connectivity index (χ3v) is 1.15. The van der Waals surface area contributed by atoms with Crippen molar-refractivity contribution in [2.45, 2.75) is 0 Å². The molecule has 0 aromatic heterocycles. The highest BCUT2D eigenvalue weighted by Gasteiger charge is 2.12. The molecule has 0 bridgehead atoms. The van der Waals surface area contributed by atoms with E-state index in [-0.39, 0.29) is 0 Å². The average molecular weight is 159 g/mol. The van der Waals surface area contributed by atoms with Crippen LogP contribution in [0, 0.1) is 17.5 Å². The van der Waals surface area contributed by atoms with E-state index in [0.29, 0.717) is 6.07 Å². The van der Waals surface area contributed by atoms with Crippen LogP contribution in [0.3, 0.4) is 0 Å². The normalized spacial score (nSPS) is 9.73. The Morgan fingerprint density at radius 3 is 2.27 bits per heavy atom. The highest BCUT2D eigenvalue weighted by atomic mass is 19.2. The minimum absolute atomic E-state index is 0.607. The lowest BCUT2D eigenvalue weighted by atomic mass is 10.2. The van der Waals surface area contributed by atoms with Gasteiger partial charge in [-0.3, -0.25) is 4.79 Å². The molecule has 0 atom stereocenters. The topological polar surface area (TPSA) is 17.1 Å². The van der Waals surface area contributed by atoms with Crippen LogP contribution in [-0.4, -0.2) is 6.29 Å². The quantitative estimate of drug-likeness (QED) is 0.568. The van der Waals surface area contributed by atoms with Crippen molar-refractivity contribution in [2.24, 2.45) is 0 Å².